The molecule has 2 heterocycles. The fourth-order valence-electron chi connectivity index (χ4n) is 2.82. The van der Waals surface area contributed by atoms with Crippen molar-refractivity contribution in [3.05, 3.63) is 71.2 Å². The maximum atomic E-state index is 6.09. The molecule has 134 valence electrons. The Morgan fingerprint density at radius 3 is 2.59 bits per heavy atom. The molecule has 2 N–H and O–H groups in total. The third-order valence-electron chi connectivity index (χ3n) is 4.16. The molecule has 0 spiro atoms. The van der Waals surface area contributed by atoms with E-state index in [0.29, 0.717) is 16.0 Å². The average Bonchev–Trinajstić information content (AvgIpc) is 2.68. The molecule has 0 aliphatic rings. The van der Waals surface area contributed by atoms with Gasteiger partial charge in [0.1, 0.15) is 12.1 Å². The summed E-state index contributed by atoms with van der Waals surface area (Å²) in [6.07, 6.45) is 3.29. The highest BCUT2D eigenvalue weighted by molar-refractivity contribution is 6.32. The first kappa shape index (κ1) is 17.5. The molecule has 0 fully saturated rings. The van der Waals surface area contributed by atoms with E-state index in [2.05, 4.69) is 25.6 Å². The van der Waals surface area contributed by atoms with Crippen LogP contribution in [0.25, 0.3) is 22.0 Å². The van der Waals surface area contributed by atoms with Crippen molar-refractivity contribution in [3.63, 3.8) is 0 Å². The third-order valence-corrected chi connectivity index (χ3v) is 4.70. The summed E-state index contributed by atoms with van der Waals surface area (Å²) in [4.78, 5) is 13.0. The highest BCUT2D eigenvalue weighted by Crippen LogP contribution is 2.31. The molecular formula is C20H15Cl2N5. The molecule has 0 saturated carbocycles. The van der Waals surface area contributed by atoms with Crippen LogP contribution < -0.4 is 10.6 Å². The molecule has 27 heavy (non-hydrogen) atoms. The number of hydrogen-bond donors (Lipinski definition) is 2. The Hall–Kier alpha value is -2.89. The van der Waals surface area contributed by atoms with Gasteiger partial charge in [-0.05, 0) is 42.0 Å². The summed E-state index contributed by atoms with van der Waals surface area (Å²) in [7, 11) is 1.81. The Kier molecular flexibility index (Phi) is 4.79. The zero-order valence-electron chi connectivity index (χ0n) is 14.4. The molecule has 0 radical (unpaired) electrons. The lowest BCUT2D eigenvalue weighted by molar-refractivity contribution is 1.22. The first-order valence-corrected chi connectivity index (χ1v) is 9.00. The van der Waals surface area contributed by atoms with Crippen molar-refractivity contribution in [3.8, 4) is 11.1 Å². The molecule has 4 aromatic rings. The largest absolute Gasteiger partial charge is 0.386 e. The number of anilines is 3. The zero-order valence-corrected chi connectivity index (χ0v) is 15.9. The van der Waals surface area contributed by atoms with Gasteiger partial charge in [0.05, 0.1) is 11.2 Å². The summed E-state index contributed by atoms with van der Waals surface area (Å²) in [6.45, 7) is 0. The van der Waals surface area contributed by atoms with E-state index in [4.69, 9.17) is 23.2 Å². The molecule has 2 aromatic carbocycles. The number of rotatable bonds is 4. The number of benzene rings is 2. The summed E-state index contributed by atoms with van der Waals surface area (Å²) in [5.74, 6) is 0.708. The van der Waals surface area contributed by atoms with E-state index in [1.807, 2.05) is 55.6 Å². The highest BCUT2D eigenvalue weighted by atomic mass is 35.5. The molecule has 0 atom stereocenters. The number of hydrogen-bond acceptors (Lipinski definition) is 5. The van der Waals surface area contributed by atoms with E-state index in [1.165, 1.54) is 6.33 Å². The maximum Gasteiger partial charge on any atom is 0.152 e. The van der Waals surface area contributed by atoms with Gasteiger partial charge in [-0.2, -0.15) is 0 Å². The van der Waals surface area contributed by atoms with Crippen LogP contribution in [-0.4, -0.2) is 22.0 Å². The summed E-state index contributed by atoms with van der Waals surface area (Å²) in [5.41, 5.74) is 4.42. The Morgan fingerprint density at radius 2 is 1.78 bits per heavy atom. The smallest absolute Gasteiger partial charge is 0.152 e. The minimum atomic E-state index is 0.439. The van der Waals surface area contributed by atoms with Crippen LogP contribution in [0.3, 0.4) is 0 Å². The van der Waals surface area contributed by atoms with Crippen LogP contribution in [0.4, 0.5) is 17.2 Å². The van der Waals surface area contributed by atoms with Gasteiger partial charge in [0.15, 0.2) is 5.15 Å². The van der Waals surface area contributed by atoms with Gasteiger partial charge < -0.3 is 10.6 Å². The van der Waals surface area contributed by atoms with Gasteiger partial charge in [0.2, 0.25) is 0 Å². The molecule has 0 aliphatic carbocycles. The predicted molar refractivity (Wildman–Crippen MR) is 112 cm³/mol. The van der Waals surface area contributed by atoms with Crippen molar-refractivity contribution >= 4 is 51.3 Å². The molecular weight excluding hydrogens is 381 g/mol. The van der Waals surface area contributed by atoms with E-state index < -0.39 is 0 Å². The van der Waals surface area contributed by atoms with Crippen LogP contribution in [0.5, 0.6) is 0 Å². The van der Waals surface area contributed by atoms with Crippen LogP contribution >= 0.6 is 23.2 Å². The fourth-order valence-corrected chi connectivity index (χ4v) is 3.21. The van der Waals surface area contributed by atoms with Crippen LogP contribution in [0, 0.1) is 0 Å². The van der Waals surface area contributed by atoms with Crippen LogP contribution in [-0.2, 0) is 0 Å². The second-order valence-corrected chi connectivity index (χ2v) is 6.70. The van der Waals surface area contributed by atoms with E-state index in [-0.39, 0.29) is 0 Å². The van der Waals surface area contributed by atoms with E-state index in [9.17, 15) is 0 Å². The topological polar surface area (TPSA) is 62.7 Å². The minimum Gasteiger partial charge on any atom is -0.386 e. The van der Waals surface area contributed by atoms with Crippen molar-refractivity contribution in [2.75, 3.05) is 17.7 Å². The van der Waals surface area contributed by atoms with Gasteiger partial charge in [-0.1, -0.05) is 35.3 Å². The van der Waals surface area contributed by atoms with Crippen LogP contribution in [0.2, 0.25) is 10.2 Å². The molecule has 5 nitrogen and oxygen atoms in total. The standard InChI is InChI=1S/C20H15Cl2N5/c1-23-18-8-13(10-24-19(18)22)12-5-6-17-16(7-12)20(26-11-25-17)27-15-4-2-3-14(21)9-15/h2-11,23H,1H3,(H,25,26,27). The summed E-state index contributed by atoms with van der Waals surface area (Å²) >= 11 is 12.2. The lowest BCUT2D eigenvalue weighted by Crippen LogP contribution is -1.96. The summed E-state index contributed by atoms with van der Waals surface area (Å²) < 4.78 is 0. The van der Waals surface area contributed by atoms with Crippen molar-refractivity contribution in [2.45, 2.75) is 0 Å². The molecule has 0 amide bonds. The Labute approximate surface area is 166 Å². The molecule has 0 aliphatic heterocycles. The van der Waals surface area contributed by atoms with E-state index in [0.717, 1.165) is 33.4 Å². The van der Waals surface area contributed by atoms with Crippen molar-refractivity contribution in [1.29, 1.82) is 0 Å². The summed E-state index contributed by atoms with van der Waals surface area (Å²) in [5, 5.41) is 8.36. The lowest BCUT2D eigenvalue weighted by Gasteiger charge is -2.11. The molecule has 0 unspecified atom stereocenters. The summed E-state index contributed by atoms with van der Waals surface area (Å²) in [6, 6.07) is 15.5. The Bertz CT molecular complexity index is 1130. The first-order chi connectivity index (χ1) is 13.1. The quantitative estimate of drug-likeness (QED) is 0.428. The SMILES string of the molecule is CNc1cc(-c2ccc3ncnc(Nc4cccc(Cl)c4)c3c2)cnc1Cl. The second-order valence-electron chi connectivity index (χ2n) is 5.90. The van der Waals surface area contributed by atoms with Gasteiger partial charge in [0.25, 0.3) is 0 Å². The van der Waals surface area contributed by atoms with Gasteiger partial charge >= 0.3 is 0 Å². The molecule has 0 saturated heterocycles. The van der Waals surface area contributed by atoms with Crippen LogP contribution in [0.1, 0.15) is 0 Å². The predicted octanol–water partition coefficient (Wildman–Crippen LogP) is 5.78. The van der Waals surface area contributed by atoms with Gasteiger partial charge in [-0.25, -0.2) is 15.0 Å². The number of halogens is 2. The fraction of sp³-hybridized carbons (Fsp3) is 0.0500. The third kappa shape index (κ3) is 3.65. The Balaban J connectivity index is 1.79. The van der Waals surface area contributed by atoms with Crippen LogP contribution in [0.15, 0.2) is 61.1 Å². The maximum absolute atomic E-state index is 6.09. The number of nitrogens with zero attached hydrogens (tertiary/aromatic N) is 3. The highest BCUT2D eigenvalue weighted by Gasteiger charge is 2.09. The Morgan fingerprint density at radius 1 is 0.889 bits per heavy atom. The molecule has 7 heteroatoms. The normalized spacial score (nSPS) is 10.8. The van der Waals surface area contributed by atoms with E-state index in [1.54, 1.807) is 6.20 Å². The van der Waals surface area contributed by atoms with Crippen molar-refractivity contribution in [2.24, 2.45) is 0 Å². The van der Waals surface area contributed by atoms with Crippen molar-refractivity contribution < 1.29 is 0 Å². The second kappa shape index (κ2) is 7.39. The molecule has 2 aromatic heterocycles. The number of nitrogens with one attached hydrogen (secondary N) is 2. The molecule has 0 bridgehead atoms. The van der Waals surface area contributed by atoms with Gasteiger partial charge in [-0.3, -0.25) is 0 Å². The van der Waals surface area contributed by atoms with Gasteiger partial charge in [0, 0.05) is 34.9 Å². The van der Waals surface area contributed by atoms with Crippen molar-refractivity contribution in [1.82, 2.24) is 15.0 Å². The number of aromatic nitrogens is 3. The number of pyridine rings is 1. The first-order valence-electron chi connectivity index (χ1n) is 8.25. The minimum absolute atomic E-state index is 0.439. The lowest BCUT2D eigenvalue weighted by atomic mass is 10.0. The average molecular weight is 396 g/mol. The number of fused-ring (bicyclic) bond motifs is 1. The van der Waals surface area contributed by atoms with E-state index >= 15 is 0 Å². The molecule has 4 rings (SSSR count). The zero-order chi connectivity index (χ0) is 18.8. The monoisotopic (exact) mass is 395 g/mol. The van der Waals surface area contributed by atoms with Gasteiger partial charge in [-0.15, -0.1) is 0 Å².